The first-order chi connectivity index (χ1) is 11.7. The first kappa shape index (κ1) is 19.2. The van der Waals surface area contributed by atoms with Crippen LogP contribution in [0.1, 0.15) is 18.1 Å². The Labute approximate surface area is 142 Å². The van der Waals surface area contributed by atoms with Gasteiger partial charge in [-0.1, -0.05) is 48.0 Å². The average molecular weight is 329 g/mol. The highest BCUT2D eigenvalue weighted by atomic mass is 16.5. The number of hydrogen-bond donors (Lipinski definition) is 1. The summed E-state index contributed by atoms with van der Waals surface area (Å²) in [7, 11) is 0. The fraction of sp³-hybridized carbons (Fsp3) is 0.263. The van der Waals surface area contributed by atoms with Crippen LogP contribution in [0, 0.1) is 6.92 Å². The normalized spacial score (nSPS) is 9.25. The van der Waals surface area contributed by atoms with Crippen molar-refractivity contribution in [3.8, 4) is 5.75 Å². The zero-order valence-corrected chi connectivity index (χ0v) is 14.0. The third-order valence-electron chi connectivity index (χ3n) is 2.90. The van der Waals surface area contributed by atoms with E-state index in [1.165, 1.54) is 11.1 Å². The number of esters is 1. The summed E-state index contributed by atoms with van der Waals surface area (Å²) in [6, 6.07) is 18.3. The Hall–Kier alpha value is -2.82. The molecule has 5 nitrogen and oxygen atoms in total. The maximum atomic E-state index is 10.4. The van der Waals surface area contributed by atoms with Crippen molar-refractivity contribution in [1.82, 2.24) is 5.32 Å². The van der Waals surface area contributed by atoms with E-state index in [0.29, 0.717) is 19.6 Å². The van der Waals surface area contributed by atoms with Crippen molar-refractivity contribution in [1.29, 1.82) is 0 Å². The van der Waals surface area contributed by atoms with Gasteiger partial charge in [0.05, 0.1) is 6.61 Å². The molecule has 2 aromatic carbocycles. The van der Waals surface area contributed by atoms with Crippen molar-refractivity contribution in [2.24, 2.45) is 0 Å². The van der Waals surface area contributed by atoms with Gasteiger partial charge in [0, 0.05) is 0 Å². The lowest BCUT2D eigenvalue weighted by Crippen LogP contribution is -2.23. The molecule has 0 bridgehead atoms. The minimum Gasteiger partial charge on any atom is -0.489 e. The molecule has 0 aromatic heterocycles. The maximum Gasteiger partial charge on any atom is 0.325 e. The Morgan fingerprint density at radius 3 is 2.33 bits per heavy atom. The van der Waals surface area contributed by atoms with Crippen LogP contribution in [0.15, 0.2) is 54.6 Å². The highest BCUT2D eigenvalue weighted by molar-refractivity contribution is 5.73. The van der Waals surface area contributed by atoms with Crippen LogP contribution in [0.3, 0.4) is 0 Å². The van der Waals surface area contributed by atoms with E-state index in [0.717, 1.165) is 5.75 Å². The number of benzene rings is 2. The van der Waals surface area contributed by atoms with E-state index in [2.05, 4.69) is 41.2 Å². The zero-order chi connectivity index (χ0) is 17.6. The summed E-state index contributed by atoms with van der Waals surface area (Å²) < 4.78 is 10.1. The van der Waals surface area contributed by atoms with E-state index in [4.69, 9.17) is 4.74 Å². The maximum absolute atomic E-state index is 10.4. The van der Waals surface area contributed by atoms with Gasteiger partial charge in [-0.2, -0.15) is 0 Å². The summed E-state index contributed by atoms with van der Waals surface area (Å²) in [5, 5.41) is 2.18. The second kappa shape index (κ2) is 11.7. The first-order valence-electron chi connectivity index (χ1n) is 7.71. The molecule has 128 valence electrons. The molecule has 0 radical (unpaired) electrons. The van der Waals surface area contributed by atoms with Crippen LogP contribution >= 0.6 is 0 Å². The zero-order valence-electron chi connectivity index (χ0n) is 14.0. The van der Waals surface area contributed by atoms with Crippen LogP contribution in [-0.4, -0.2) is 25.5 Å². The highest BCUT2D eigenvalue weighted by Crippen LogP contribution is 2.13. The fourth-order valence-corrected chi connectivity index (χ4v) is 1.71. The third-order valence-corrected chi connectivity index (χ3v) is 2.90. The van der Waals surface area contributed by atoms with E-state index < -0.39 is 5.97 Å². The number of aryl methyl sites for hydroxylation is 1. The highest BCUT2D eigenvalue weighted by Gasteiger charge is 1.96. The van der Waals surface area contributed by atoms with Gasteiger partial charge >= 0.3 is 5.97 Å². The van der Waals surface area contributed by atoms with Crippen LogP contribution in [-0.2, 0) is 20.9 Å². The van der Waals surface area contributed by atoms with Crippen molar-refractivity contribution in [3.63, 3.8) is 0 Å². The Morgan fingerprint density at radius 1 is 1.08 bits per heavy atom. The van der Waals surface area contributed by atoms with Crippen LogP contribution in [0.25, 0.3) is 0 Å². The summed E-state index contributed by atoms with van der Waals surface area (Å²) >= 11 is 0. The smallest absolute Gasteiger partial charge is 0.325 e. The minimum atomic E-state index is -0.412. The Kier molecular flexibility index (Phi) is 9.38. The molecule has 0 heterocycles. The molecule has 2 rings (SSSR count). The molecule has 0 atom stereocenters. The van der Waals surface area contributed by atoms with E-state index >= 15 is 0 Å². The predicted octanol–water partition coefficient (Wildman–Crippen LogP) is 2.87. The summed E-state index contributed by atoms with van der Waals surface area (Å²) in [5.74, 6) is 0.508. The Balaban J connectivity index is 0.000000277. The van der Waals surface area contributed by atoms with Crippen LogP contribution in [0.5, 0.6) is 5.75 Å². The summed E-state index contributed by atoms with van der Waals surface area (Å²) in [5.41, 5.74) is 2.44. The molecule has 5 heteroatoms. The lowest BCUT2D eigenvalue weighted by molar-refractivity contribution is -0.142. The van der Waals surface area contributed by atoms with Gasteiger partial charge in [0.2, 0.25) is 6.41 Å². The quantitative estimate of drug-likeness (QED) is 0.627. The fourth-order valence-electron chi connectivity index (χ4n) is 1.71. The van der Waals surface area contributed by atoms with E-state index in [9.17, 15) is 9.59 Å². The molecule has 0 saturated heterocycles. The number of nitrogens with one attached hydrogen (secondary N) is 1. The van der Waals surface area contributed by atoms with Crippen molar-refractivity contribution in [2.75, 3.05) is 13.2 Å². The first-order valence-corrected chi connectivity index (χ1v) is 7.71. The molecular weight excluding hydrogens is 306 g/mol. The summed E-state index contributed by atoms with van der Waals surface area (Å²) in [6.45, 7) is 4.71. The van der Waals surface area contributed by atoms with Gasteiger partial charge in [-0.15, -0.1) is 0 Å². The predicted molar refractivity (Wildman–Crippen MR) is 92.7 cm³/mol. The van der Waals surface area contributed by atoms with Gasteiger partial charge in [0.15, 0.2) is 0 Å². The topological polar surface area (TPSA) is 64.6 Å². The molecule has 0 fully saturated rings. The van der Waals surface area contributed by atoms with Crippen LogP contribution in [0.2, 0.25) is 0 Å². The van der Waals surface area contributed by atoms with Gasteiger partial charge in [-0.25, -0.2) is 0 Å². The van der Waals surface area contributed by atoms with Crippen molar-refractivity contribution in [2.45, 2.75) is 20.5 Å². The molecule has 2 aromatic rings. The monoisotopic (exact) mass is 329 g/mol. The van der Waals surface area contributed by atoms with Crippen molar-refractivity contribution >= 4 is 12.4 Å². The molecule has 0 aliphatic heterocycles. The number of carbonyl (C=O) groups excluding carboxylic acids is 2. The Bertz CT molecular complexity index is 597. The number of rotatable bonds is 7. The van der Waals surface area contributed by atoms with Crippen LogP contribution in [0.4, 0.5) is 0 Å². The molecule has 1 N–H and O–H groups in total. The van der Waals surface area contributed by atoms with Crippen molar-refractivity contribution in [3.05, 3.63) is 65.7 Å². The van der Waals surface area contributed by atoms with Gasteiger partial charge in [0.1, 0.15) is 18.9 Å². The standard InChI is InChI=1S/C14H14O.C5H9NO3/c1-12-7-9-14(10-8-12)15-11-13-5-3-2-4-6-13;1-2-9-5(8)3-6-4-7/h2-10H,11H2,1H3;4H,2-3H2,1H3,(H,6,7). The summed E-state index contributed by atoms with van der Waals surface area (Å²) in [6.07, 6.45) is 0.455. The van der Waals surface area contributed by atoms with Crippen LogP contribution < -0.4 is 10.1 Å². The number of amides is 1. The van der Waals surface area contributed by atoms with Gasteiger partial charge in [-0.3, -0.25) is 9.59 Å². The lowest BCUT2D eigenvalue weighted by Gasteiger charge is -2.06. The molecule has 0 spiro atoms. The van der Waals surface area contributed by atoms with Gasteiger partial charge < -0.3 is 14.8 Å². The lowest BCUT2D eigenvalue weighted by atomic mass is 10.2. The molecule has 1 amide bonds. The third kappa shape index (κ3) is 8.58. The second-order valence-corrected chi connectivity index (χ2v) is 4.89. The average Bonchev–Trinajstić information content (AvgIpc) is 2.61. The number of carbonyl (C=O) groups is 2. The SMILES string of the molecule is CCOC(=O)CNC=O.Cc1ccc(OCc2ccccc2)cc1. The largest absolute Gasteiger partial charge is 0.489 e. The van der Waals surface area contributed by atoms with Gasteiger partial charge in [0.25, 0.3) is 0 Å². The molecular formula is C19H23NO4. The molecule has 0 aliphatic rings. The summed E-state index contributed by atoms with van der Waals surface area (Å²) in [4.78, 5) is 20.0. The molecule has 0 unspecified atom stereocenters. The molecule has 0 saturated carbocycles. The minimum absolute atomic E-state index is 0.0443. The Morgan fingerprint density at radius 2 is 1.75 bits per heavy atom. The van der Waals surface area contributed by atoms with Gasteiger partial charge in [-0.05, 0) is 31.5 Å². The van der Waals surface area contributed by atoms with Crippen molar-refractivity contribution < 1.29 is 19.1 Å². The number of ether oxygens (including phenoxy) is 2. The van der Waals surface area contributed by atoms with E-state index in [-0.39, 0.29) is 6.54 Å². The van der Waals surface area contributed by atoms with E-state index in [1.807, 2.05) is 30.3 Å². The molecule has 24 heavy (non-hydrogen) atoms. The van der Waals surface area contributed by atoms with E-state index in [1.54, 1.807) is 6.92 Å². The second-order valence-electron chi connectivity index (χ2n) is 4.89. The number of hydrogen-bond acceptors (Lipinski definition) is 4. The molecule has 0 aliphatic carbocycles.